The van der Waals surface area contributed by atoms with Gasteiger partial charge in [0.05, 0.1) is 24.9 Å². The van der Waals surface area contributed by atoms with Crippen LogP contribution in [0.2, 0.25) is 0 Å². The van der Waals surface area contributed by atoms with Crippen LogP contribution in [0, 0.1) is 11.3 Å². The number of amides is 1. The Balaban J connectivity index is 2.12. The lowest BCUT2D eigenvalue weighted by Gasteiger charge is -2.20. The number of hydrogen-bond acceptors (Lipinski definition) is 5. The quantitative estimate of drug-likeness (QED) is 0.835. The van der Waals surface area contributed by atoms with E-state index in [1.807, 2.05) is 6.92 Å². The van der Waals surface area contributed by atoms with E-state index in [2.05, 4.69) is 21.4 Å². The van der Waals surface area contributed by atoms with Crippen molar-refractivity contribution < 1.29 is 4.79 Å². The zero-order valence-corrected chi connectivity index (χ0v) is 11.0. The van der Waals surface area contributed by atoms with Crippen molar-refractivity contribution in [1.29, 1.82) is 5.26 Å². The lowest BCUT2D eigenvalue weighted by molar-refractivity contribution is 0.0740. The Labute approximate surface area is 112 Å². The first kappa shape index (κ1) is 13.3. The molecular formula is C13H17N5O. The molecular weight excluding hydrogens is 242 g/mol. The molecule has 0 unspecified atom stereocenters. The number of nitriles is 1. The second-order valence-electron chi connectivity index (χ2n) is 4.46. The normalized spacial score (nSPS) is 13.7. The van der Waals surface area contributed by atoms with E-state index in [-0.39, 0.29) is 11.9 Å². The zero-order valence-electron chi connectivity index (χ0n) is 11.0. The molecule has 1 amide bonds. The van der Waals surface area contributed by atoms with E-state index in [1.165, 1.54) is 6.20 Å². The first-order valence-electron chi connectivity index (χ1n) is 6.50. The van der Waals surface area contributed by atoms with E-state index >= 15 is 0 Å². The first-order valence-corrected chi connectivity index (χ1v) is 6.50. The van der Waals surface area contributed by atoms with Crippen LogP contribution in [0.4, 0.5) is 5.82 Å². The van der Waals surface area contributed by atoms with Gasteiger partial charge in [-0.25, -0.2) is 4.98 Å². The van der Waals surface area contributed by atoms with Crippen LogP contribution in [-0.2, 0) is 0 Å². The zero-order chi connectivity index (χ0) is 13.7. The van der Waals surface area contributed by atoms with E-state index in [4.69, 9.17) is 5.26 Å². The summed E-state index contributed by atoms with van der Waals surface area (Å²) in [6.45, 7) is 3.15. The largest absolute Gasteiger partial charge is 0.369 e. The molecule has 100 valence electrons. The van der Waals surface area contributed by atoms with Crippen LogP contribution in [-0.4, -0.2) is 39.9 Å². The maximum Gasteiger partial charge on any atom is 0.274 e. The number of carbonyl (C=O) groups is 1. The molecule has 1 aliphatic rings. The molecule has 0 aliphatic heterocycles. The van der Waals surface area contributed by atoms with E-state index in [0.717, 1.165) is 19.4 Å². The van der Waals surface area contributed by atoms with Gasteiger partial charge in [0.1, 0.15) is 11.5 Å². The fourth-order valence-corrected chi connectivity index (χ4v) is 1.89. The van der Waals surface area contributed by atoms with Gasteiger partial charge in [-0.15, -0.1) is 0 Å². The molecule has 0 atom stereocenters. The Kier molecular flexibility index (Phi) is 4.29. The van der Waals surface area contributed by atoms with Gasteiger partial charge >= 0.3 is 0 Å². The van der Waals surface area contributed by atoms with E-state index in [1.54, 1.807) is 11.1 Å². The van der Waals surface area contributed by atoms with Crippen LogP contribution in [0.3, 0.4) is 0 Å². The van der Waals surface area contributed by atoms with E-state index in [9.17, 15) is 4.79 Å². The standard InChI is InChI=1S/C13H17N5O/c1-2-16-12-9-15-8-11(17-12)13(19)18(7-3-6-14)10-4-5-10/h8-10H,2-5,7H2,1H3,(H,16,17). The third-order valence-electron chi connectivity index (χ3n) is 2.92. The first-order chi connectivity index (χ1) is 9.26. The summed E-state index contributed by atoms with van der Waals surface area (Å²) in [6.07, 6.45) is 5.44. The molecule has 0 aromatic carbocycles. The van der Waals surface area contributed by atoms with Gasteiger partial charge < -0.3 is 10.2 Å². The van der Waals surface area contributed by atoms with Crippen molar-refractivity contribution in [2.24, 2.45) is 0 Å². The molecule has 2 rings (SSSR count). The van der Waals surface area contributed by atoms with Gasteiger partial charge in [-0.05, 0) is 19.8 Å². The summed E-state index contributed by atoms with van der Waals surface area (Å²) in [5.74, 6) is 0.467. The monoisotopic (exact) mass is 259 g/mol. The molecule has 1 fully saturated rings. The van der Waals surface area contributed by atoms with Crippen LogP contribution in [0.5, 0.6) is 0 Å². The lowest BCUT2D eigenvalue weighted by atomic mass is 10.3. The molecule has 19 heavy (non-hydrogen) atoms. The predicted molar refractivity (Wildman–Crippen MR) is 70.5 cm³/mol. The fourth-order valence-electron chi connectivity index (χ4n) is 1.89. The number of aromatic nitrogens is 2. The number of carbonyl (C=O) groups excluding carboxylic acids is 1. The third kappa shape index (κ3) is 3.41. The van der Waals surface area contributed by atoms with Gasteiger partial charge in [0.25, 0.3) is 5.91 Å². The minimum Gasteiger partial charge on any atom is -0.369 e. The highest BCUT2D eigenvalue weighted by Crippen LogP contribution is 2.28. The average molecular weight is 259 g/mol. The van der Waals surface area contributed by atoms with E-state index in [0.29, 0.717) is 24.5 Å². The number of nitrogens with zero attached hydrogens (tertiary/aromatic N) is 4. The Bertz CT molecular complexity index is 492. The number of anilines is 1. The van der Waals surface area contributed by atoms with Crippen molar-refractivity contribution in [3.63, 3.8) is 0 Å². The van der Waals surface area contributed by atoms with Crippen molar-refractivity contribution in [1.82, 2.24) is 14.9 Å². The summed E-state index contributed by atoms with van der Waals surface area (Å²) in [4.78, 5) is 22.4. The topological polar surface area (TPSA) is 81.9 Å². The lowest BCUT2D eigenvalue weighted by Crippen LogP contribution is -2.34. The molecule has 0 radical (unpaired) electrons. The predicted octanol–water partition coefficient (Wildman–Crippen LogP) is 1.43. The van der Waals surface area contributed by atoms with Gasteiger partial charge in [0, 0.05) is 19.1 Å². The molecule has 1 aromatic heterocycles. The minimum atomic E-state index is -0.134. The molecule has 1 saturated carbocycles. The number of hydrogen-bond donors (Lipinski definition) is 1. The maximum atomic E-state index is 12.4. The van der Waals surface area contributed by atoms with Gasteiger partial charge in [-0.3, -0.25) is 9.78 Å². The van der Waals surface area contributed by atoms with Crippen molar-refractivity contribution >= 4 is 11.7 Å². The maximum absolute atomic E-state index is 12.4. The summed E-state index contributed by atoms with van der Waals surface area (Å²) >= 11 is 0. The second-order valence-corrected chi connectivity index (χ2v) is 4.46. The van der Waals surface area contributed by atoms with Crippen LogP contribution in [0.15, 0.2) is 12.4 Å². The number of nitrogens with one attached hydrogen (secondary N) is 1. The van der Waals surface area contributed by atoms with Gasteiger partial charge in [0.15, 0.2) is 0 Å². The summed E-state index contributed by atoms with van der Waals surface area (Å²) in [5, 5.41) is 11.7. The minimum absolute atomic E-state index is 0.134. The molecule has 0 saturated heterocycles. The summed E-state index contributed by atoms with van der Waals surface area (Å²) in [6, 6.07) is 2.35. The van der Waals surface area contributed by atoms with Gasteiger partial charge in [-0.1, -0.05) is 0 Å². The molecule has 1 heterocycles. The van der Waals surface area contributed by atoms with Crippen LogP contribution >= 0.6 is 0 Å². The summed E-state index contributed by atoms with van der Waals surface area (Å²) in [5.41, 5.74) is 0.336. The highest BCUT2D eigenvalue weighted by molar-refractivity contribution is 5.92. The molecule has 0 spiro atoms. The van der Waals surface area contributed by atoms with Crippen molar-refractivity contribution in [3.8, 4) is 6.07 Å². The van der Waals surface area contributed by atoms with Crippen molar-refractivity contribution in [3.05, 3.63) is 18.1 Å². The van der Waals surface area contributed by atoms with Crippen LogP contribution in [0.25, 0.3) is 0 Å². The van der Waals surface area contributed by atoms with Gasteiger partial charge in [-0.2, -0.15) is 5.26 Å². The number of rotatable bonds is 6. The van der Waals surface area contributed by atoms with Crippen molar-refractivity contribution in [2.75, 3.05) is 18.4 Å². The molecule has 1 N–H and O–H groups in total. The molecule has 1 aliphatic carbocycles. The Morgan fingerprint density at radius 2 is 2.37 bits per heavy atom. The fraction of sp³-hybridized carbons (Fsp3) is 0.538. The smallest absolute Gasteiger partial charge is 0.274 e. The van der Waals surface area contributed by atoms with Crippen LogP contribution < -0.4 is 5.32 Å². The summed E-state index contributed by atoms with van der Waals surface area (Å²) in [7, 11) is 0. The Hall–Kier alpha value is -2.16. The third-order valence-corrected chi connectivity index (χ3v) is 2.92. The molecule has 1 aromatic rings. The Morgan fingerprint density at radius 3 is 3.00 bits per heavy atom. The van der Waals surface area contributed by atoms with E-state index < -0.39 is 0 Å². The molecule has 0 bridgehead atoms. The highest BCUT2D eigenvalue weighted by Gasteiger charge is 2.33. The Morgan fingerprint density at radius 1 is 1.58 bits per heavy atom. The van der Waals surface area contributed by atoms with Crippen LogP contribution in [0.1, 0.15) is 36.7 Å². The highest BCUT2D eigenvalue weighted by atomic mass is 16.2. The second kappa shape index (κ2) is 6.14. The van der Waals surface area contributed by atoms with Crippen molar-refractivity contribution in [2.45, 2.75) is 32.2 Å². The molecule has 6 heteroatoms. The molecule has 6 nitrogen and oxygen atoms in total. The average Bonchev–Trinajstić information content (AvgIpc) is 3.24. The van der Waals surface area contributed by atoms with Gasteiger partial charge in [0.2, 0.25) is 0 Å². The summed E-state index contributed by atoms with van der Waals surface area (Å²) < 4.78 is 0. The SMILES string of the molecule is CCNc1cncc(C(=O)N(CCC#N)C2CC2)n1.